The first-order valence-electron chi connectivity index (χ1n) is 4.40. The van der Waals surface area contributed by atoms with Gasteiger partial charge in [-0.05, 0) is 30.5 Å². The van der Waals surface area contributed by atoms with E-state index in [-0.39, 0.29) is 6.04 Å². The molecule has 13 heavy (non-hydrogen) atoms. The van der Waals surface area contributed by atoms with Gasteiger partial charge in [0.1, 0.15) is 5.15 Å². The Labute approximate surface area is 84.1 Å². The molecule has 0 bridgehead atoms. The summed E-state index contributed by atoms with van der Waals surface area (Å²) in [5.41, 5.74) is 7.97. The van der Waals surface area contributed by atoms with Crippen LogP contribution in [0.4, 0.5) is 0 Å². The van der Waals surface area contributed by atoms with Crippen LogP contribution in [0.25, 0.3) is 0 Å². The summed E-state index contributed by atoms with van der Waals surface area (Å²) in [6.45, 7) is 6.10. The molecule has 0 spiro atoms. The SMILES string of the molecule is Cc1cc(C(N)C(C)C)cc(Cl)n1. The predicted octanol–water partition coefficient (Wildman–Crippen LogP) is 2.70. The number of aromatic nitrogens is 1. The molecule has 0 amide bonds. The molecule has 1 aromatic heterocycles. The predicted molar refractivity (Wildman–Crippen MR) is 55.8 cm³/mol. The fourth-order valence-electron chi connectivity index (χ4n) is 1.23. The molecule has 1 aromatic rings. The van der Waals surface area contributed by atoms with Gasteiger partial charge in [0.2, 0.25) is 0 Å². The second kappa shape index (κ2) is 4.07. The second-order valence-corrected chi connectivity index (χ2v) is 4.02. The zero-order valence-electron chi connectivity index (χ0n) is 8.21. The lowest BCUT2D eigenvalue weighted by molar-refractivity contribution is 0.513. The van der Waals surface area contributed by atoms with E-state index in [0.717, 1.165) is 11.3 Å². The van der Waals surface area contributed by atoms with E-state index in [1.165, 1.54) is 0 Å². The molecule has 0 aliphatic carbocycles. The van der Waals surface area contributed by atoms with Gasteiger partial charge < -0.3 is 5.73 Å². The van der Waals surface area contributed by atoms with E-state index in [0.29, 0.717) is 11.1 Å². The highest BCUT2D eigenvalue weighted by molar-refractivity contribution is 6.29. The van der Waals surface area contributed by atoms with Crippen LogP contribution in [0, 0.1) is 12.8 Å². The lowest BCUT2D eigenvalue weighted by Gasteiger charge is -2.16. The molecule has 0 radical (unpaired) electrons. The zero-order chi connectivity index (χ0) is 10.0. The topological polar surface area (TPSA) is 38.9 Å². The normalized spacial score (nSPS) is 13.4. The molecule has 2 N–H and O–H groups in total. The van der Waals surface area contributed by atoms with Crippen molar-refractivity contribution in [3.63, 3.8) is 0 Å². The maximum atomic E-state index is 5.99. The number of pyridine rings is 1. The summed E-state index contributed by atoms with van der Waals surface area (Å²) in [4.78, 5) is 4.09. The third kappa shape index (κ3) is 2.68. The van der Waals surface area contributed by atoms with Crippen molar-refractivity contribution < 1.29 is 0 Å². The molecule has 0 saturated heterocycles. The van der Waals surface area contributed by atoms with Gasteiger partial charge in [-0.2, -0.15) is 0 Å². The molecule has 0 fully saturated rings. The van der Waals surface area contributed by atoms with Crippen molar-refractivity contribution in [2.75, 3.05) is 0 Å². The summed E-state index contributed by atoms with van der Waals surface area (Å²) in [6.07, 6.45) is 0. The van der Waals surface area contributed by atoms with Crippen LogP contribution in [0.2, 0.25) is 5.15 Å². The van der Waals surface area contributed by atoms with Crippen molar-refractivity contribution >= 4 is 11.6 Å². The van der Waals surface area contributed by atoms with Crippen molar-refractivity contribution in [1.82, 2.24) is 4.98 Å². The molecule has 1 heterocycles. The molecule has 0 aromatic carbocycles. The minimum atomic E-state index is 0.0409. The Balaban J connectivity index is 3.01. The van der Waals surface area contributed by atoms with E-state index in [1.807, 2.05) is 19.1 Å². The third-order valence-corrected chi connectivity index (χ3v) is 2.24. The highest BCUT2D eigenvalue weighted by Gasteiger charge is 2.11. The van der Waals surface area contributed by atoms with Gasteiger partial charge >= 0.3 is 0 Å². The molecule has 72 valence electrons. The molecule has 2 nitrogen and oxygen atoms in total. The highest BCUT2D eigenvalue weighted by atomic mass is 35.5. The standard InChI is InChI=1S/C10H15ClN2/c1-6(2)10(12)8-4-7(3)13-9(11)5-8/h4-6,10H,12H2,1-3H3. The Morgan fingerprint density at radius 3 is 2.46 bits per heavy atom. The number of nitrogens with zero attached hydrogens (tertiary/aromatic N) is 1. The van der Waals surface area contributed by atoms with Crippen LogP contribution in [0.15, 0.2) is 12.1 Å². The first-order chi connectivity index (χ1) is 6.00. The van der Waals surface area contributed by atoms with Crippen LogP contribution < -0.4 is 5.73 Å². The Kier molecular flexibility index (Phi) is 3.28. The van der Waals surface area contributed by atoms with Gasteiger partial charge in [0, 0.05) is 11.7 Å². The summed E-state index contributed by atoms with van der Waals surface area (Å²) in [5, 5.41) is 0.520. The van der Waals surface area contributed by atoms with Gasteiger partial charge in [-0.3, -0.25) is 0 Å². The van der Waals surface area contributed by atoms with E-state index >= 15 is 0 Å². The average molecular weight is 199 g/mol. The summed E-state index contributed by atoms with van der Waals surface area (Å²) in [7, 11) is 0. The first kappa shape index (κ1) is 10.5. The summed E-state index contributed by atoms with van der Waals surface area (Å²) in [6, 6.07) is 3.86. The van der Waals surface area contributed by atoms with Gasteiger partial charge in [0.25, 0.3) is 0 Å². The number of halogens is 1. The summed E-state index contributed by atoms with van der Waals surface area (Å²) < 4.78 is 0. The zero-order valence-corrected chi connectivity index (χ0v) is 8.97. The Morgan fingerprint density at radius 2 is 2.00 bits per heavy atom. The minimum Gasteiger partial charge on any atom is -0.324 e. The fraction of sp³-hybridized carbons (Fsp3) is 0.500. The number of aryl methyl sites for hydroxylation is 1. The number of hydrogen-bond donors (Lipinski definition) is 1. The molecule has 0 saturated carbocycles. The first-order valence-corrected chi connectivity index (χ1v) is 4.78. The van der Waals surface area contributed by atoms with Crippen molar-refractivity contribution in [1.29, 1.82) is 0 Å². The Bertz CT molecular complexity index is 277. The number of hydrogen-bond acceptors (Lipinski definition) is 2. The van der Waals surface area contributed by atoms with Crippen LogP contribution in [-0.2, 0) is 0 Å². The monoisotopic (exact) mass is 198 g/mol. The maximum Gasteiger partial charge on any atom is 0.129 e. The molecular weight excluding hydrogens is 184 g/mol. The third-order valence-electron chi connectivity index (χ3n) is 2.05. The van der Waals surface area contributed by atoms with Gasteiger partial charge in [-0.1, -0.05) is 25.4 Å². The van der Waals surface area contributed by atoms with Crippen LogP contribution in [-0.4, -0.2) is 4.98 Å². The lowest BCUT2D eigenvalue weighted by atomic mass is 9.97. The van der Waals surface area contributed by atoms with Crippen molar-refractivity contribution in [2.24, 2.45) is 11.7 Å². The van der Waals surface area contributed by atoms with Crippen LogP contribution in [0.5, 0.6) is 0 Å². The van der Waals surface area contributed by atoms with Gasteiger partial charge in [0.05, 0.1) is 0 Å². The van der Waals surface area contributed by atoms with E-state index in [4.69, 9.17) is 17.3 Å². The van der Waals surface area contributed by atoms with Crippen LogP contribution in [0.3, 0.4) is 0 Å². The molecule has 1 atom stereocenters. The fourth-order valence-corrected chi connectivity index (χ4v) is 1.49. The molecular formula is C10H15ClN2. The smallest absolute Gasteiger partial charge is 0.129 e. The van der Waals surface area contributed by atoms with E-state index < -0.39 is 0 Å². The Hall–Kier alpha value is -0.600. The van der Waals surface area contributed by atoms with Crippen LogP contribution in [0.1, 0.15) is 31.1 Å². The molecule has 1 unspecified atom stereocenters. The van der Waals surface area contributed by atoms with E-state index in [9.17, 15) is 0 Å². The average Bonchev–Trinajstić information content (AvgIpc) is 2.01. The lowest BCUT2D eigenvalue weighted by Crippen LogP contribution is -2.16. The summed E-state index contributed by atoms with van der Waals surface area (Å²) in [5.74, 6) is 0.415. The maximum absolute atomic E-state index is 5.99. The Morgan fingerprint density at radius 1 is 1.38 bits per heavy atom. The largest absolute Gasteiger partial charge is 0.324 e. The van der Waals surface area contributed by atoms with Crippen molar-refractivity contribution in [3.05, 3.63) is 28.5 Å². The van der Waals surface area contributed by atoms with Gasteiger partial charge in [0.15, 0.2) is 0 Å². The van der Waals surface area contributed by atoms with E-state index in [1.54, 1.807) is 0 Å². The van der Waals surface area contributed by atoms with Crippen molar-refractivity contribution in [2.45, 2.75) is 26.8 Å². The van der Waals surface area contributed by atoms with Crippen molar-refractivity contribution in [3.8, 4) is 0 Å². The van der Waals surface area contributed by atoms with E-state index in [2.05, 4.69) is 18.8 Å². The molecule has 0 aliphatic rings. The summed E-state index contributed by atoms with van der Waals surface area (Å²) >= 11 is 5.83. The number of nitrogens with two attached hydrogens (primary N) is 1. The van der Waals surface area contributed by atoms with Crippen LogP contribution >= 0.6 is 11.6 Å². The minimum absolute atomic E-state index is 0.0409. The molecule has 1 rings (SSSR count). The van der Waals surface area contributed by atoms with Gasteiger partial charge in [-0.15, -0.1) is 0 Å². The van der Waals surface area contributed by atoms with Gasteiger partial charge in [-0.25, -0.2) is 4.98 Å². The second-order valence-electron chi connectivity index (χ2n) is 3.63. The number of rotatable bonds is 2. The quantitative estimate of drug-likeness (QED) is 0.743. The highest BCUT2D eigenvalue weighted by Crippen LogP contribution is 2.21. The molecule has 0 aliphatic heterocycles. The molecule has 3 heteroatoms.